The van der Waals surface area contributed by atoms with Gasteiger partial charge in [0.2, 0.25) is 0 Å². The van der Waals surface area contributed by atoms with Gasteiger partial charge in [0.15, 0.2) is 5.75 Å². The average Bonchev–Trinajstić information content (AvgIpc) is 2.07. The van der Waals surface area contributed by atoms with Crippen LogP contribution in [0.2, 0.25) is 0 Å². The molecule has 1 aromatic heterocycles. The fraction of sp³-hybridized carbons (Fsp3) is 0.375. The minimum atomic E-state index is -2.63. The van der Waals surface area contributed by atoms with Gasteiger partial charge in [0.25, 0.3) is 12.3 Å². The molecule has 0 bridgehead atoms. The van der Waals surface area contributed by atoms with Crippen LogP contribution >= 0.6 is 0 Å². The van der Waals surface area contributed by atoms with Gasteiger partial charge in [-0.1, -0.05) is 0 Å². The lowest BCUT2D eigenvalue weighted by Crippen LogP contribution is -1.96. The number of hydrogen-bond acceptors (Lipinski definition) is 3. The number of aromatic nitrogens is 1. The molecule has 5 heteroatoms. The topological polar surface area (TPSA) is 42.4 Å². The molecule has 0 aliphatic heterocycles. The zero-order valence-electron chi connectivity index (χ0n) is 7.21. The van der Waals surface area contributed by atoms with E-state index in [1.165, 1.54) is 14.0 Å². The first kappa shape index (κ1) is 9.70. The SMILES string of the molecule is COc1nc(C)c(C(F)F)cc1O. The highest BCUT2D eigenvalue weighted by Gasteiger charge is 2.15. The maximum Gasteiger partial charge on any atom is 0.265 e. The standard InChI is InChI=1S/C8H9F2NO2/c1-4-5(7(9)10)3-6(12)8(11-4)13-2/h3,7,12H,1-2H3. The van der Waals surface area contributed by atoms with E-state index in [0.29, 0.717) is 0 Å². The summed E-state index contributed by atoms with van der Waals surface area (Å²) >= 11 is 0. The Kier molecular flexibility index (Phi) is 2.65. The number of aromatic hydroxyl groups is 1. The Labute approximate surface area is 74.0 Å². The third kappa shape index (κ3) is 1.85. The van der Waals surface area contributed by atoms with Gasteiger partial charge < -0.3 is 9.84 Å². The van der Waals surface area contributed by atoms with Crippen molar-refractivity contribution < 1.29 is 18.6 Å². The molecule has 1 heterocycles. The van der Waals surface area contributed by atoms with Gasteiger partial charge in [-0.3, -0.25) is 0 Å². The Bertz CT molecular complexity index is 315. The summed E-state index contributed by atoms with van der Waals surface area (Å²) in [5.74, 6) is -0.412. The molecule has 1 rings (SSSR count). The van der Waals surface area contributed by atoms with Gasteiger partial charge in [0, 0.05) is 5.56 Å². The van der Waals surface area contributed by atoms with E-state index in [-0.39, 0.29) is 22.9 Å². The third-order valence-corrected chi connectivity index (χ3v) is 1.63. The van der Waals surface area contributed by atoms with E-state index in [9.17, 15) is 8.78 Å². The monoisotopic (exact) mass is 189 g/mol. The normalized spacial score (nSPS) is 10.5. The van der Waals surface area contributed by atoms with E-state index in [1.54, 1.807) is 0 Å². The third-order valence-electron chi connectivity index (χ3n) is 1.63. The molecule has 0 saturated heterocycles. The number of alkyl halides is 2. The molecule has 0 aromatic carbocycles. The van der Waals surface area contributed by atoms with Crippen LogP contribution in [0.5, 0.6) is 11.6 Å². The first-order valence-electron chi connectivity index (χ1n) is 3.59. The Morgan fingerprint density at radius 1 is 1.54 bits per heavy atom. The molecule has 0 amide bonds. The number of nitrogens with zero attached hydrogens (tertiary/aromatic N) is 1. The number of ether oxygens (including phenoxy) is 1. The summed E-state index contributed by atoms with van der Waals surface area (Å²) in [6.07, 6.45) is -2.63. The van der Waals surface area contributed by atoms with Crippen LogP contribution in [0.3, 0.4) is 0 Å². The van der Waals surface area contributed by atoms with E-state index in [0.717, 1.165) is 6.07 Å². The van der Waals surface area contributed by atoms with Crippen molar-refractivity contribution in [3.05, 3.63) is 17.3 Å². The van der Waals surface area contributed by atoms with Crippen molar-refractivity contribution >= 4 is 0 Å². The minimum absolute atomic E-state index is 0.0399. The maximum atomic E-state index is 12.3. The van der Waals surface area contributed by atoms with Crippen LogP contribution in [0, 0.1) is 6.92 Å². The van der Waals surface area contributed by atoms with Gasteiger partial charge in [-0.15, -0.1) is 0 Å². The molecule has 0 spiro atoms. The molecule has 72 valence electrons. The molecule has 13 heavy (non-hydrogen) atoms. The second-order valence-corrected chi connectivity index (χ2v) is 2.49. The number of methoxy groups -OCH3 is 1. The number of aryl methyl sites for hydroxylation is 1. The van der Waals surface area contributed by atoms with Crippen molar-refractivity contribution in [1.82, 2.24) is 4.98 Å². The summed E-state index contributed by atoms with van der Waals surface area (Å²) in [5, 5.41) is 9.14. The van der Waals surface area contributed by atoms with Crippen LogP contribution in [0.15, 0.2) is 6.07 Å². The summed E-state index contributed by atoms with van der Waals surface area (Å²) in [6.45, 7) is 1.43. The van der Waals surface area contributed by atoms with Gasteiger partial charge in [-0.05, 0) is 13.0 Å². The van der Waals surface area contributed by atoms with Crippen molar-refractivity contribution in [2.24, 2.45) is 0 Å². The predicted molar refractivity (Wildman–Crippen MR) is 42.1 cm³/mol. The van der Waals surface area contributed by atoms with E-state index in [4.69, 9.17) is 5.11 Å². The predicted octanol–water partition coefficient (Wildman–Crippen LogP) is 2.04. The van der Waals surface area contributed by atoms with Gasteiger partial charge in [-0.2, -0.15) is 0 Å². The molecule has 0 unspecified atom stereocenters. The zero-order chi connectivity index (χ0) is 10.0. The first-order valence-corrected chi connectivity index (χ1v) is 3.59. The van der Waals surface area contributed by atoms with Crippen molar-refractivity contribution in [2.45, 2.75) is 13.3 Å². The fourth-order valence-corrected chi connectivity index (χ4v) is 0.959. The van der Waals surface area contributed by atoms with Crippen LogP contribution in [-0.4, -0.2) is 17.2 Å². The summed E-state index contributed by atoms with van der Waals surface area (Å²) in [7, 11) is 1.31. The van der Waals surface area contributed by atoms with Crippen molar-refractivity contribution in [2.75, 3.05) is 7.11 Å². The zero-order valence-corrected chi connectivity index (χ0v) is 7.21. The van der Waals surface area contributed by atoms with Crippen LogP contribution in [0.25, 0.3) is 0 Å². The second-order valence-electron chi connectivity index (χ2n) is 2.49. The van der Waals surface area contributed by atoms with Crippen LogP contribution in [0.1, 0.15) is 17.7 Å². The highest BCUT2D eigenvalue weighted by Crippen LogP contribution is 2.30. The quantitative estimate of drug-likeness (QED) is 0.774. The molecule has 3 nitrogen and oxygen atoms in total. The van der Waals surface area contributed by atoms with Crippen LogP contribution < -0.4 is 4.74 Å². The molecule has 0 saturated carbocycles. The minimum Gasteiger partial charge on any atom is -0.503 e. The lowest BCUT2D eigenvalue weighted by atomic mass is 10.2. The van der Waals surface area contributed by atoms with E-state index in [2.05, 4.69) is 9.72 Å². The van der Waals surface area contributed by atoms with Gasteiger partial charge in [0.1, 0.15) is 0 Å². The molecule has 1 N–H and O–H groups in total. The van der Waals surface area contributed by atoms with Gasteiger partial charge >= 0.3 is 0 Å². The Morgan fingerprint density at radius 2 is 2.15 bits per heavy atom. The molecule has 0 radical (unpaired) electrons. The lowest BCUT2D eigenvalue weighted by Gasteiger charge is -2.07. The molecule has 0 aliphatic rings. The summed E-state index contributed by atoms with van der Waals surface area (Å²) in [4.78, 5) is 3.66. The fourth-order valence-electron chi connectivity index (χ4n) is 0.959. The van der Waals surface area contributed by atoms with Crippen molar-refractivity contribution in [3.63, 3.8) is 0 Å². The molecular weight excluding hydrogens is 180 g/mol. The van der Waals surface area contributed by atoms with Crippen LogP contribution in [0.4, 0.5) is 8.78 Å². The summed E-state index contributed by atoms with van der Waals surface area (Å²) in [5.41, 5.74) is -0.122. The number of hydrogen-bond donors (Lipinski definition) is 1. The van der Waals surface area contributed by atoms with Crippen molar-refractivity contribution in [3.8, 4) is 11.6 Å². The van der Waals surface area contributed by atoms with E-state index < -0.39 is 6.43 Å². The largest absolute Gasteiger partial charge is 0.503 e. The number of rotatable bonds is 2. The Hall–Kier alpha value is -1.39. The highest BCUT2D eigenvalue weighted by atomic mass is 19.3. The van der Waals surface area contributed by atoms with Crippen LogP contribution in [-0.2, 0) is 0 Å². The van der Waals surface area contributed by atoms with Gasteiger partial charge in [0.05, 0.1) is 12.8 Å². The molecule has 1 aromatic rings. The Balaban J connectivity index is 3.20. The van der Waals surface area contributed by atoms with E-state index in [1.807, 2.05) is 0 Å². The Morgan fingerprint density at radius 3 is 2.62 bits per heavy atom. The summed E-state index contributed by atoms with van der Waals surface area (Å²) in [6, 6.07) is 0.964. The molecule has 0 aliphatic carbocycles. The average molecular weight is 189 g/mol. The maximum absolute atomic E-state index is 12.3. The lowest BCUT2D eigenvalue weighted by molar-refractivity contribution is 0.149. The van der Waals surface area contributed by atoms with E-state index >= 15 is 0 Å². The first-order chi connectivity index (χ1) is 6.06. The molecule has 0 atom stereocenters. The number of pyridine rings is 1. The number of halogens is 2. The molecule has 0 fully saturated rings. The van der Waals surface area contributed by atoms with Gasteiger partial charge in [-0.25, -0.2) is 13.8 Å². The highest BCUT2D eigenvalue weighted by molar-refractivity contribution is 5.38. The summed E-state index contributed by atoms with van der Waals surface area (Å²) < 4.78 is 29.2. The molecular formula is C8H9F2NO2. The smallest absolute Gasteiger partial charge is 0.265 e. The van der Waals surface area contributed by atoms with Crippen molar-refractivity contribution in [1.29, 1.82) is 0 Å². The second kappa shape index (κ2) is 3.55.